The summed E-state index contributed by atoms with van der Waals surface area (Å²) in [5.41, 5.74) is 0.904. The Morgan fingerprint density at radius 3 is 2.89 bits per heavy atom. The number of carbonyl (C=O) groups is 1. The lowest BCUT2D eigenvalue weighted by Crippen LogP contribution is -2.27. The number of urea groups is 1. The number of benzene rings is 1. The molecule has 3 rings (SSSR count). The van der Waals surface area contributed by atoms with Crippen molar-refractivity contribution in [2.75, 3.05) is 5.32 Å². The van der Waals surface area contributed by atoms with Gasteiger partial charge < -0.3 is 5.32 Å². The fourth-order valence-corrected chi connectivity index (χ4v) is 3.15. The monoisotopic (exact) mass is 289 g/mol. The first-order chi connectivity index (χ1) is 9.31. The van der Waals surface area contributed by atoms with E-state index in [-0.39, 0.29) is 6.03 Å². The fraction of sp³-hybridized carbons (Fsp3) is 0.0769. The van der Waals surface area contributed by atoms with Crippen molar-refractivity contribution in [2.45, 2.75) is 6.54 Å². The molecule has 0 aliphatic carbocycles. The lowest BCUT2D eigenvalue weighted by Gasteiger charge is -2.03. The molecular weight excluding hydrogens is 278 g/mol. The lowest BCUT2D eigenvalue weighted by atomic mass is 10.3. The van der Waals surface area contributed by atoms with Gasteiger partial charge in [0.15, 0.2) is 5.13 Å². The van der Waals surface area contributed by atoms with Crippen LogP contribution in [-0.2, 0) is 6.54 Å². The van der Waals surface area contributed by atoms with E-state index < -0.39 is 0 Å². The molecule has 19 heavy (non-hydrogen) atoms. The first-order valence-electron chi connectivity index (χ1n) is 5.74. The van der Waals surface area contributed by atoms with Gasteiger partial charge in [-0.15, -0.1) is 11.3 Å². The Kier molecular flexibility index (Phi) is 3.43. The number of hydrogen-bond donors (Lipinski definition) is 2. The summed E-state index contributed by atoms with van der Waals surface area (Å²) in [6, 6.07) is 11.5. The molecule has 0 atom stereocenters. The number of carbonyl (C=O) groups excluding carboxylic acids is 1. The summed E-state index contributed by atoms with van der Waals surface area (Å²) in [5, 5.41) is 8.16. The van der Waals surface area contributed by atoms with E-state index in [9.17, 15) is 4.79 Å². The number of fused-ring (bicyclic) bond motifs is 1. The van der Waals surface area contributed by atoms with Crippen LogP contribution in [0.15, 0.2) is 41.8 Å². The van der Waals surface area contributed by atoms with E-state index in [0.29, 0.717) is 11.7 Å². The van der Waals surface area contributed by atoms with Gasteiger partial charge in [0, 0.05) is 4.88 Å². The molecule has 0 spiro atoms. The van der Waals surface area contributed by atoms with Crippen LogP contribution in [0.2, 0.25) is 0 Å². The van der Waals surface area contributed by atoms with E-state index in [0.717, 1.165) is 15.1 Å². The summed E-state index contributed by atoms with van der Waals surface area (Å²) in [7, 11) is 0. The van der Waals surface area contributed by atoms with Crippen LogP contribution in [0.5, 0.6) is 0 Å². The zero-order valence-electron chi connectivity index (χ0n) is 9.92. The van der Waals surface area contributed by atoms with Crippen molar-refractivity contribution < 1.29 is 4.79 Å². The van der Waals surface area contributed by atoms with Crippen LogP contribution >= 0.6 is 22.7 Å². The topological polar surface area (TPSA) is 54.0 Å². The number of thiazole rings is 1. The van der Waals surface area contributed by atoms with Crippen LogP contribution in [0.4, 0.5) is 9.93 Å². The Hall–Kier alpha value is -1.92. The van der Waals surface area contributed by atoms with Crippen molar-refractivity contribution in [3.8, 4) is 0 Å². The Bertz CT molecular complexity index is 658. The van der Waals surface area contributed by atoms with Gasteiger partial charge in [0.1, 0.15) is 0 Å². The number of nitrogens with zero attached hydrogens (tertiary/aromatic N) is 1. The first-order valence-corrected chi connectivity index (χ1v) is 7.44. The Morgan fingerprint density at radius 2 is 2.11 bits per heavy atom. The number of amides is 2. The van der Waals surface area contributed by atoms with Crippen molar-refractivity contribution >= 4 is 44.1 Å². The highest BCUT2D eigenvalue weighted by atomic mass is 32.1. The van der Waals surface area contributed by atoms with Crippen molar-refractivity contribution in [1.29, 1.82) is 0 Å². The van der Waals surface area contributed by atoms with Gasteiger partial charge in [0.25, 0.3) is 0 Å². The summed E-state index contributed by atoms with van der Waals surface area (Å²) in [6.45, 7) is 0.536. The minimum absolute atomic E-state index is 0.229. The average molecular weight is 289 g/mol. The summed E-state index contributed by atoms with van der Waals surface area (Å²) >= 11 is 3.09. The third-order valence-electron chi connectivity index (χ3n) is 2.52. The number of aromatic nitrogens is 1. The van der Waals surface area contributed by atoms with E-state index in [1.807, 2.05) is 41.8 Å². The molecule has 0 saturated heterocycles. The molecule has 0 unspecified atom stereocenters. The SMILES string of the molecule is O=C(NCc1cccs1)Nc1nc2ccccc2s1. The Labute approximate surface area is 118 Å². The Morgan fingerprint density at radius 1 is 1.21 bits per heavy atom. The molecule has 3 aromatic rings. The predicted molar refractivity (Wildman–Crippen MR) is 79.8 cm³/mol. The molecule has 2 N–H and O–H groups in total. The van der Waals surface area contributed by atoms with Crippen molar-refractivity contribution in [3.05, 3.63) is 46.7 Å². The minimum atomic E-state index is -0.229. The molecule has 0 saturated carbocycles. The fourth-order valence-electron chi connectivity index (χ4n) is 1.65. The standard InChI is InChI=1S/C13H11N3OS2/c17-12(14-8-9-4-3-7-18-9)16-13-15-10-5-1-2-6-11(10)19-13/h1-7H,8H2,(H2,14,15,16,17). The first kappa shape index (κ1) is 12.1. The zero-order valence-corrected chi connectivity index (χ0v) is 11.6. The predicted octanol–water partition coefficient (Wildman–Crippen LogP) is 3.68. The van der Waals surface area contributed by atoms with Gasteiger partial charge in [-0.05, 0) is 23.6 Å². The third kappa shape index (κ3) is 2.91. The highest BCUT2D eigenvalue weighted by Crippen LogP contribution is 2.25. The molecule has 2 heterocycles. The molecule has 2 amide bonds. The quantitative estimate of drug-likeness (QED) is 0.773. The van der Waals surface area contributed by atoms with Gasteiger partial charge in [-0.1, -0.05) is 29.5 Å². The number of nitrogens with one attached hydrogen (secondary N) is 2. The Balaban J connectivity index is 1.62. The third-order valence-corrected chi connectivity index (χ3v) is 4.35. The molecule has 1 aromatic carbocycles. The van der Waals surface area contributed by atoms with Crippen LogP contribution in [0, 0.1) is 0 Å². The number of para-hydroxylation sites is 1. The lowest BCUT2D eigenvalue weighted by molar-refractivity contribution is 0.252. The smallest absolute Gasteiger partial charge is 0.321 e. The summed E-state index contributed by atoms with van der Waals surface area (Å²) < 4.78 is 1.07. The second-order valence-electron chi connectivity index (χ2n) is 3.87. The van der Waals surface area contributed by atoms with Crippen LogP contribution in [0.1, 0.15) is 4.88 Å². The number of thiophene rings is 1. The van der Waals surface area contributed by atoms with Gasteiger partial charge in [-0.2, -0.15) is 0 Å². The van der Waals surface area contributed by atoms with E-state index >= 15 is 0 Å². The highest BCUT2D eigenvalue weighted by Gasteiger charge is 2.07. The van der Waals surface area contributed by atoms with Gasteiger partial charge in [-0.3, -0.25) is 5.32 Å². The highest BCUT2D eigenvalue weighted by molar-refractivity contribution is 7.22. The van der Waals surface area contributed by atoms with Crippen molar-refractivity contribution in [3.63, 3.8) is 0 Å². The van der Waals surface area contributed by atoms with Gasteiger partial charge in [-0.25, -0.2) is 9.78 Å². The average Bonchev–Trinajstić information content (AvgIpc) is 3.04. The second-order valence-corrected chi connectivity index (χ2v) is 5.94. The van der Waals surface area contributed by atoms with E-state index in [2.05, 4.69) is 15.6 Å². The van der Waals surface area contributed by atoms with E-state index in [1.54, 1.807) is 11.3 Å². The normalized spacial score (nSPS) is 10.5. The molecular formula is C13H11N3OS2. The summed E-state index contributed by atoms with van der Waals surface area (Å²) in [4.78, 5) is 17.2. The largest absolute Gasteiger partial charge is 0.333 e. The number of hydrogen-bond acceptors (Lipinski definition) is 4. The maximum Gasteiger partial charge on any atom is 0.321 e. The van der Waals surface area contributed by atoms with Crippen LogP contribution in [0.25, 0.3) is 10.2 Å². The van der Waals surface area contributed by atoms with Crippen LogP contribution in [-0.4, -0.2) is 11.0 Å². The molecule has 0 radical (unpaired) electrons. The van der Waals surface area contributed by atoms with Crippen molar-refractivity contribution in [2.24, 2.45) is 0 Å². The molecule has 2 aromatic heterocycles. The van der Waals surface area contributed by atoms with Crippen molar-refractivity contribution in [1.82, 2.24) is 10.3 Å². The molecule has 0 bridgehead atoms. The van der Waals surface area contributed by atoms with Gasteiger partial charge >= 0.3 is 6.03 Å². The van der Waals surface area contributed by atoms with Gasteiger partial charge in [0.05, 0.1) is 16.8 Å². The van der Waals surface area contributed by atoms with Gasteiger partial charge in [0.2, 0.25) is 0 Å². The molecule has 4 nitrogen and oxygen atoms in total. The summed E-state index contributed by atoms with van der Waals surface area (Å²) in [5.74, 6) is 0. The molecule has 0 aliphatic heterocycles. The van der Waals surface area contributed by atoms with E-state index in [1.165, 1.54) is 11.3 Å². The number of rotatable bonds is 3. The maximum atomic E-state index is 11.7. The molecule has 0 fully saturated rings. The van der Waals surface area contributed by atoms with Crippen LogP contribution in [0.3, 0.4) is 0 Å². The summed E-state index contributed by atoms with van der Waals surface area (Å²) in [6.07, 6.45) is 0. The maximum absolute atomic E-state index is 11.7. The minimum Gasteiger partial charge on any atom is -0.333 e. The second kappa shape index (κ2) is 5.38. The number of anilines is 1. The van der Waals surface area contributed by atoms with E-state index in [4.69, 9.17) is 0 Å². The molecule has 0 aliphatic rings. The molecule has 96 valence electrons. The zero-order chi connectivity index (χ0) is 13.1. The molecule has 6 heteroatoms. The van der Waals surface area contributed by atoms with Crippen LogP contribution < -0.4 is 10.6 Å².